The predicted octanol–water partition coefficient (Wildman–Crippen LogP) is 2.10. The van der Waals surface area contributed by atoms with E-state index in [1.165, 1.54) is 7.11 Å². The van der Waals surface area contributed by atoms with Crippen LogP contribution in [-0.2, 0) is 9.53 Å². The predicted molar refractivity (Wildman–Crippen MR) is 78.6 cm³/mol. The van der Waals surface area contributed by atoms with Gasteiger partial charge in [-0.1, -0.05) is 13.0 Å². The third-order valence-corrected chi connectivity index (χ3v) is 3.21. The fourth-order valence-corrected chi connectivity index (χ4v) is 1.81. The van der Waals surface area contributed by atoms with Gasteiger partial charge in [0.2, 0.25) is 5.91 Å². The van der Waals surface area contributed by atoms with E-state index in [-0.39, 0.29) is 11.8 Å². The number of hydrogen-bond donors (Lipinski definition) is 2. The van der Waals surface area contributed by atoms with Crippen molar-refractivity contribution in [1.82, 2.24) is 0 Å². The third kappa shape index (κ3) is 4.35. The fraction of sp³-hybridized carbons (Fsp3) is 0.467. The van der Waals surface area contributed by atoms with Gasteiger partial charge in [0, 0.05) is 11.6 Å². The summed E-state index contributed by atoms with van der Waals surface area (Å²) < 4.78 is 4.67. The summed E-state index contributed by atoms with van der Waals surface area (Å²) in [6.45, 7) is 4.32. The molecule has 3 N–H and O–H groups in total. The Hall–Kier alpha value is -1.88. The molecule has 5 heteroatoms. The molecule has 1 amide bonds. The number of hydrogen-bond acceptors (Lipinski definition) is 4. The Balaban J connectivity index is 2.80. The van der Waals surface area contributed by atoms with Crippen LogP contribution in [0, 0.1) is 12.8 Å². The smallest absolute Gasteiger partial charge is 0.337 e. The molecule has 1 aromatic carbocycles. The second kappa shape index (κ2) is 7.65. The first-order chi connectivity index (χ1) is 9.49. The molecule has 1 unspecified atom stereocenters. The molecule has 0 aliphatic heterocycles. The molecule has 0 bridgehead atoms. The van der Waals surface area contributed by atoms with Crippen LogP contribution >= 0.6 is 0 Å². The SMILES string of the molecule is COC(=O)c1ccc(C)c(NC(=O)C(C)CCCN)c1. The van der Waals surface area contributed by atoms with Gasteiger partial charge in [-0.25, -0.2) is 4.79 Å². The van der Waals surface area contributed by atoms with Crippen LogP contribution in [0.3, 0.4) is 0 Å². The van der Waals surface area contributed by atoms with Gasteiger partial charge in [-0.3, -0.25) is 4.79 Å². The maximum atomic E-state index is 12.1. The number of esters is 1. The quantitative estimate of drug-likeness (QED) is 0.781. The molecule has 1 aromatic rings. The first-order valence-corrected chi connectivity index (χ1v) is 6.69. The van der Waals surface area contributed by atoms with Crippen LogP contribution in [0.5, 0.6) is 0 Å². The van der Waals surface area contributed by atoms with Gasteiger partial charge in [0.15, 0.2) is 0 Å². The molecule has 0 spiro atoms. The molecule has 0 saturated heterocycles. The zero-order valence-electron chi connectivity index (χ0n) is 12.2. The highest BCUT2D eigenvalue weighted by Gasteiger charge is 2.15. The van der Waals surface area contributed by atoms with Crippen LogP contribution in [0.15, 0.2) is 18.2 Å². The Morgan fingerprint density at radius 3 is 2.70 bits per heavy atom. The van der Waals surface area contributed by atoms with E-state index < -0.39 is 5.97 Å². The first kappa shape index (κ1) is 16.2. The number of aryl methyl sites for hydroxylation is 1. The Kier molecular flexibility index (Phi) is 6.18. The summed E-state index contributed by atoms with van der Waals surface area (Å²) in [5.74, 6) is -0.597. The minimum atomic E-state index is -0.420. The van der Waals surface area contributed by atoms with E-state index in [1.807, 2.05) is 13.8 Å². The van der Waals surface area contributed by atoms with Crippen molar-refractivity contribution in [3.05, 3.63) is 29.3 Å². The Labute approximate surface area is 119 Å². The van der Waals surface area contributed by atoms with Crippen LogP contribution < -0.4 is 11.1 Å². The number of methoxy groups -OCH3 is 1. The second-order valence-electron chi connectivity index (χ2n) is 4.84. The van der Waals surface area contributed by atoms with E-state index in [1.54, 1.807) is 18.2 Å². The molecular weight excluding hydrogens is 256 g/mol. The topological polar surface area (TPSA) is 81.4 Å². The number of anilines is 1. The van der Waals surface area contributed by atoms with Crippen molar-refractivity contribution in [2.75, 3.05) is 19.0 Å². The summed E-state index contributed by atoms with van der Waals surface area (Å²) in [5, 5.41) is 2.85. The van der Waals surface area contributed by atoms with Crippen LogP contribution in [-0.4, -0.2) is 25.5 Å². The summed E-state index contributed by atoms with van der Waals surface area (Å²) in [6, 6.07) is 5.09. The van der Waals surface area contributed by atoms with Gasteiger partial charge < -0.3 is 15.8 Å². The normalized spacial score (nSPS) is 11.8. The Bertz CT molecular complexity index is 486. The van der Waals surface area contributed by atoms with Gasteiger partial charge in [0.05, 0.1) is 12.7 Å². The third-order valence-electron chi connectivity index (χ3n) is 3.21. The van der Waals surface area contributed by atoms with Gasteiger partial charge in [0.25, 0.3) is 0 Å². The van der Waals surface area contributed by atoms with Gasteiger partial charge in [0.1, 0.15) is 0 Å². The molecule has 0 aliphatic carbocycles. The van der Waals surface area contributed by atoms with Crippen molar-refractivity contribution in [3.63, 3.8) is 0 Å². The van der Waals surface area contributed by atoms with Gasteiger partial charge in [-0.15, -0.1) is 0 Å². The number of nitrogens with one attached hydrogen (secondary N) is 1. The van der Waals surface area contributed by atoms with Crippen LogP contribution in [0.2, 0.25) is 0 Å². The van der Waals surface area contributed by atoms with E-state index >= 15 is 0 Å². The standard InChI is InChI=1S/C15H22N2O3/c1-10-6-7-12(15(19)20-3)9-13(10)17-14(18)11(2)5-4-8-16/h6-7,9,11H,4-5,8,16H2,1-3H3,(H,17,18). The zero-order chi connectivity index (χ0) is 15.1. The van der Waals surface area contributed by atoms with Crippen molar-refractivity contribution in [2.24, 2.45) is 11.7 Å². The molecule has 0 heterocycles. The minimum Gasteiger partial charge on any atom is -0.465 e. The molecule has 0 aliphatic rings. The summed E-state index contributed by atoms with van der Waals surface area (Å²) >= 11 is 0. The van der Waals surface area contributed by atoms with Crippen LogP contribution in [0.1, 0.15) is 35.7 Å². The monoisotopic (exact) mass is 278 g/mol. The van der Waals surface area contributed by atoms with Gasteiger partial charge in [-0.05, 0) is 44.0 Å². The number of rotatable bonds is 6. The minimum absolute atomic E-state index is 0.0661. The largest absolute Gasteiger partial charge is 0.465 e. The number of carbonyl (C=O) groups excluding carboxylic acids is 2. The van der Waals surface area contributed by atoms with Crippen molar-refractivity contribution in [1.29, 1.82) is 0 Å². The molecule has 110 valence electrons. The maximum Gasteiger partial charge on any atom is 0.337 e. The molecule has 5 nitrogen and oxygen atoms in total. The Morgan fingerprint density at radius 2 is 2.10 bits per heavy atom. The molecule has 1 atom stereocenters. The van der Waals surface area contributed by atoms with Crippen molar-refractivity contribution < 1.29 is 14.3 Å². The van der Waals surface area contributed by atoms with Gasteiger partial charge in [-0.2, -0.15) is 0 Å². The average molecular weight is 278 g/mol. The van der Waals surface area contributed by atoms with E-state index in [0.717, 1.165) is 18.4 Å². The lowest BCUT2D eigenvalue weighted by Gasteiger charge is -2.14. The number of nitrogens with two attached hydrogens (primary N) is 1. The zero-order valence-corrected chi connectivity index (χ0v) is 12.2. The van der Waals surface area contributed by atoms with E-state index in [2.05, 4.69) is 10.1 Å². The highest BCUT2D eigenvalue weighted by Crippen LogP contribution is 2.19. The molecule has 0 fully saturated rings. The Morgan fingerprint density at radius 1 is 1.40 bits per heavy atom. The molecule has 0 aromatic heterocycles. The summed E-state index contributed by atoms with van der Waals surface area (Å²) in [5.41, 5.74) is 7.40. The highest BCUT2D eigenvalue weighted by molar-refractivity contribution is 5.96. The molecule has 0 radical (unpaired) electrons. The lowest BCUT2D eigenvalue weighted by Crippen LogP contribution is -2.22. The molecule has 20 heavy (non-hydrogen) atoms. The highest BCUT2D eigenvalue weighted by atomic mass is 16.5. The van der Waals surface area contributed by atoms with Gasteiger partial charge >= 0.3 is 5.97 Å². The molecule has 0 saturated carbocycles. The van der Waals surface area contributed by atoms with E-state index in [0.29, 0.717) is 17.8 Å². The van der Waals surface area contributed by atoms with Crippen LogP contribution in [0.25, 0.3) is 0 Å². The second-order valence-corrected chi connectivity index (χ2v) is 4.84. The average Bonchev–Trinajstić information content (AvgIpc) is 2.45. The number of benzene rings is 1. The number of amides is 1. The lowest BCUT2D eigenvalue weighted by molar-refractivity contribution is -0.119. The first-order valence-electron chi connectivity index (χ1n) is 6.69. The summed E-state index contributed by atoms with van der Waals surface area (Å²) in [4.78, 5) is 23.5. The van der Waals surface area contributed by atoms with Crippen molar-refractivity contribution >= 4 is 17.6 Å². The van der Waals surface area contributed by atoms with Crippen LogP contribution in [0.4, 0.5) is 5.69 Å². The summed E-state index contributed by atoms with van der Waals surface area (Å²) in [7, 11) is 1.33. The fourth-order valence-electron chi connectivity index (χ4n) is 1.81. The lowest BCUT2D eigenvalue weighted by atomic mass is 10.0. The van der Waals surface area contributed by atoms with E-state index in [4.69, 9.17) is 5.73 Å². The van der Waals surface area contributed by atoms with Crippen molar-refractivity contribution in [3.8, 4) is 0 Å². The van der Waals surface area contributed by atoms with Crippen molar-refractivity contribution in [2.45, 2.75) is 26.7 Å². The maximum absolute atomic E-state index is 12.1. The molecule has 1 rings (SSSR count). The summed E-state index contributed by atoms with van der Waals surface area (Å²) in [6.07, 6.45) is 1.56. The number of carbonyl (C=O) groups is 2. The number of ether oxygens (including phenoxy) is 1. The molecular formula is C15H22N2O3. The van der Waals surface area contributed by atoms with E-state index in [9.17, 15) is 9.59 Å².